The van der Waals surface area contributed by atoms with Crippen molar-refractivity contribution in [3.8, 4) is 0 Å². The fraction of sp³-hybridized carbons (Fsp3) is 0.130. The molecule has 0 spiro atoms. The number of hydrogen-bond acceptors (Lipinski definition) is 7. The van der Waals surface area contributed by atoms with Crippen LogP contribution in [0.5, 0.6) is 0 Å². The molecule has 0 radical (unpaired) electrons. The van der Waals surface area contributed by atoms with Crippen LogP contribution in [0.1, 0.15) is 16.8 Å². The lowest BCUT2D eigenvalue weighted by Crippen LogP contribution is -2.20. The number of nitrogens with one attached hydrogen (secondary N) is 5. The number of aromatic nitrogens is 4. The summed E-state index contributed by atoms with van der Waals surface area (Å²) in [5, 5.41) is 17.3. The monoisotopic (exact) mass is 531 g/mol. The Morgan fingerprint density at radius 3 is 2.30 bits per heavy atom. The Morgan fingerprint density at radius 2 is 1.65 bits per heavy atom. The smallest absolute Gasteiger partial charge is 0.384 e. The van der Waals surface area contributed by atoms with Gasteiger partial charge in [-0.25, -0.2) is 9.78 Å². The van der Waals surface area contributed by atoms with Crippen LogP contribution in [0.2, 0.25) is 5.02 Å². The van der Waals surface area contributed by atoms with Gasteiger partial charge in [0.05, 0.1) is 10.6 Å². The second-order valence-corrected chi connectivity index (χ2v) is 8.39. The molecule has 10 nitrogen and oxygen atoms in total. The third-order valence-corrected chi connectivity index (χ3v) is 5.30. The summed E-state index contributed by atoms with van der Waals surface area (Å²) in [4.78, 5) is 21.2. The van der Waals surface area contributed by atoms with Crippen molar-refractivity contribution in [2.45, 2.75) is 20.0 Å². The van der Waals surface area contributed by atoms with E-state index in [-0.39, 0.29) is 5.69 Å². The van der Waals surface area contributed by atoms with Gasteiger partial charge in [0.2, 0.25) is 5.95 Å². The Hall–Kier alpha value is -4.52. The van der Waals surface area contributed by atoms with E-state index in [1.54, 1.807) is 30.3 Å². The van der Waals surface area contributed by atoms with Crippen LogP contribution in [0.3, 0.4) is 0 Å². The van der Waals surface area contributed by atoms with Gasteiger partial charge in [-0.1, -0.05) is 11.6 Å². The second-order valence-electron chi connectivity index (χ2n) is 7.98. The highest BCUT2D eigenvalue weighted by atomic mass is 35.5. The fourth-order valence-electron chi connectivity index (χ4n) is 3.34. The number of anilines is 7. The SMILES string of the molecule is Cc1cc(Nc2cc(N)[nH]n2)nc(Nc2ccc(NC(=O)Nc3ccc(Cl)c(C(F)(F)F)c3)cc2C)n1. The van der Waals surface area contributed by atoms with Crippen LogP contribution in [0.4, 0.5) is 58.4 Å². The first-order valence-corrected chi connectivity index (χ1v) is 11.1. The molecular formula is C23H21ClF3N9O. The fourth-order valence-corrected chi connectivity index (χ4v) is 3.56. The summed E-state index contributed by atoms with van der Waals surface area (Å²) in [6.45, 7) is 3.62. The number of rotatable bonds is 6. The van der Waals surface area contributed by atoms with Crippen molar-refractivity contribution in [3.63, 3.8) is 0 Å². The highest BCUT2D eigenvalue weighted by molar-refractivity contribution is 6.31. The topological polar surface area (TPSA) is 146 Å². The van der Waals surface area contributed by atoms with Gasteiger partial charge in [0, 0.05) is 34.9 Å². The Kier molecular flexibility index (Phi) is 7.07. The van der Waals surface area contributed by atoms with Crippen LogP contribution in [-0.4, -0.2) is 26.2 Å². The molecule has 37 heavy (non-hydrogen) atoms. The number of benzene rings is 2. The molecule has 7 N–H and O–H groups in total. The first kappa shape index (κ1) is 25.6. The third kappa shape index (κ3) is 6.58. The molecule has 0 aliphatic carbocycles. The summed E-state index contributed by atoms with van der Waals surface area (Å²) in [6.07, 6.45) is -4.64. The molecular weight excluding hydrogens is 511 g/mol. The minimum atomic E-state index is -4.64. The molecule has 14 heteroatoms. The molecule has 2 aromatic carbocycles. The maximum atomic E-state index is 13.1. The molecule has 2 amide bonds. The maximum Gasteiger partial charge on any atom is 0.417 e. The van der Waals surface area contributed by atoms with Crippen molar-refractivity contribution in [1.29, 1.82) is 0 Å². The molecule has 0 aliphatic rings. The molecule has 0 aliphatic heterocycles. The Bertz CT molecular complexity index is 1460. The van der Waals surface area contributed by atoms with Crippen molar-refractivity contribution < 1.29 is 18.0 Å². The molecule has 0 bridgehead atoms. The van der Waals surface area contributed by atoms with Crippen LogP contribution in [-0.2, 0) is 6.18 Å². The van der Waals surface area contributed by atoms with Crippen LogP contribution in [0, 0.1) is 13.8 Å². The van der Waals surface area contributed by atoms with E-state index in [0.717, 1.165) is 17.7 Å². The molecule has 4 aromatic rings. The molecule has 4 rings (SSSR count). The van der Waals surface area contributed by atoms with Crippen molar-refractivity contribution in [3.05, 3.63) is 70.4 Å². The zero-order valence-corrected chi connectivity index (χ0v) is 20.2. The van der Waals surface area contributed by atoms with E-state index in [9.17, 15) is 18.0 Å². The number of alkyl halides is 3. The molecule has 2 aromatic heterocycles. The highest BCUT2D eigenvalue weighted by Crippen LogP contribution is 2.36. The number of H-pyrrole nitrogens is 1. The lowest BCUT2D eigenvalue weighted by molar-refractivity contribution is -0.137. The maximum absolute atomic E-state index is 13.1. The van der Waals surface area contributed by atoms with Crippen molar-refractivity contribution in [1.82, 2.24) is 20.2 Å². The van der Waals surface area contributed by atoms with Gasteiger partial charge in [0.1, 0.15) is 11.6 Å². The zero-order chi connectivity index (χ0) is 26.7. The second kappa shape index (κ2) is 10.2. The van der Waals surface area contributed by atoms with E-state index >= 15 is 0 Å². The normalized spacial score (nSPS) is 11.2. The number of hydrogen-bond donors (Lipinski definition) is 6. The first-order valence-electron chi connectivity index (χ1n) is 10.7. The molecule has 0 atom stereocenters. The number of aromatic amines is 1. The average Bonchev–Trinajstić information content (AvgIpc) is 3.20. The van der Waals surface area contributed by atoms with E-state index in [1.165, 1.54) is 6.07 Å². The van der Waals surface area contributed by atoms with Gasteiger partial charge in [0.15, 0.2) is 5.82 Å². The number of carbonyl (C=O) groups excluding carboxylic acids is 1. The van der Waals surface area contributed by atoms with Crippen molar-refractivity contribution >= 4 is 58.1 Å². The van der Waals surface area contributed by atoms with E-state index in [2.05, 4.69) is 41.4 Å². The van der Waals surface area contributed by atoms with Crippen LogP contribution in [0.15, 0.2) is 48.5 Å². The van der Waals surface area contributed by atoms with Crippen LogP contribution < -0.4 is 27.0 Å². The summed E-state index contributed by atoms with van der Waals surface area (Å²) in [5.74, 6) is 1.74. The van der Waals surface area contributed by atoms with Crippen LogP contribution >= 0.6 is 11.6 Å². The lowest BCUT2D eigenvalue weighted by atomic mass is 10.1. The van der Waals surface area contributed by atoms with Gasteiger partial charge in [-0.15, -0.1) is 0 Å². The molecule has 0 saturated heterocycles. The summed E-state index contributed by atoms with van der Waals surface area (Å²) >= 11 is 5.62. The minimum absolute atomic E-state index is 0.0530. The number of nitrogen functional groups attached to an aromatic ring is 1. The number of halogens is 4. The minimum Gasteiger partial charge on any atom is -0.384 e. The third-order valence-electron chi connectivity index (χ3n) is 4.97. The van der Waals surface area contributed by atoms with Gasteiger partial charge in [-0.2, -0.15) is 23.3 Å². The lowest BCUT2D eigenvalue weighted by Gasteiger charge is -2.14. The quantitative estimate of drug-likeness (QED) is 0.173. The Morgan fingerprint density at radius 1 is 0.946 bits per heavy atom. The number of carbonyl (C=O) groups is 1. The standard InChI is InChI=1S/C23H21ClF3N9O/c1-11-7-13(30-22(37)31-14-3-5-16(24)15(9-14)23(25,26)27)4-6-17(11)32-21-29-12(2)8-19(34-21)33-20-10-18(28)35-36-20/h3-10H,1-2H3,(H2,30,31,37)(H5,28,29,32,33,34,35,36). The number of aryl methyl sites for hydroxylation is 2. The highest BCUT2D eigenvalue weighted by Gasteiger charge is 2.33. The Labute approximate surface area is 213 Å². The van der Waals surface area contributed by atoms with E-state index < -0.39 is 22.8 Å². The largest absolute Gasteiger partial charge is 0.417 e. The zero-order valence-electron chi connectivity index (χ0n) is 19.5. The van der Waals surface area contributed by atoms with Crippen molar-refractivity contribution in [2.24, 2.45) is 0 Å². The van der Waals surface area contributed by atoms with E-state index in [0.29, 0.717) is 40.5 Å². The predicted octanol–water partition coefficient (Wildman–Crippen LogP) is 6.20. The van der Waals surface area contributed by atoms with Gasteiger partial charge in [-0.05, 0) is 55.8 Å². The summed E-state index contributed by atoms with van der Waals surface area (Å²) in [6, 6.07) is 10.8. The first-order chi connectivity index (χ1) is 17.5. The van der Waals surface area contributed by atoms with Gasteiger partial charge < -0.3 is 27.0 Å². The average molecular weight is 532 g/mol. The van der Waals surface area contributed by atoms with E-state index in [1.807, 2.05) is 13.8 Å². The van der Waals surface area contributed by atoms with Gasteiger partial charge >= 0.3 is 12.2 Å². The summed E-state index contributed by atoms with van der Waals surface area (Å²) in [5.41, 5.74) is 7.11. The number of nitrogens with two attached hydrogens (primary N) is 1. The molecule has 192 valence electrons. The number of urea groups is 1. The number of nitrogens with zero attached hydrogens (tertiary/aromatic N) is 3. The van der Waals surface area contributed by atoms with Gasteiger partial charge in [-0.3, -0.25) is 5.10 Å². The summed E-state index contributed by atoms with van der Waals surface area (Å²) < 4.78 is 39.2. The van der Waals surface area contributed by atoms with E-state index in [4.69, 9.17) is 17.3 Å². The molecule has 0 unspecified atom stereocenters. The molecule has 0 fully saturated rings. The number of amides is 2. The van der Waals surface area contributed by atoms with Crippen molar-refractivity contribution in [2.75, 3.05) is 27.0 Å². The molecule has 2 heterocycles. The summed E-state index contributed by atoms with van der Waals surface area (Å²) in [7, 11) is 0. The van der Waals surface area contributed by atoms with Gasteiger partial charge in [0.25, 0.3) is 0 Å². The Balaban J connectivity index is 1.43. The predicted molar refractivity (Wildman–Crippen MR) is 137 cm³/mol. The molecule has 0 saturated carbocycles. The van der Waals surface area contributed by atoms with Crippen LogP contribution in [0.25, 0.3) is 0 Å².